The number of aromatic nitrogens is 1. The van der Waals surface area contributed by atoms with E-state index in [0.717, 1.165) is 19.0 Å². The van der Waals surface area contributed by atoms with E-state index in [1.165, 1.54) is 34.4 Å². The summed E-state index contributed by atoms with van der Waals surface area (Å²) >= 11 is 2.09. The molecule has 1 saturated heterocycles. The number of fused-ring (bicyclic) bond motifs is 1. The molecule has 1 aliphatic rings. The van der Waals surface area contributed by atoms with Crippen LogP contribution in [0.2, 0.25) is 0 Å². The summed E-state index contributed by atoms with van der Waals surface area (Å²) in [5.74, 6) is 3.56. The number of aromatic amines is 1. The van der Waals surface area contributed by atoms with Crippen molar-refractivity contribution in [3.8, 4) is 0 Å². The Balaban J connectivity index is 1.62. The van der Waals surface area contributed by atoms with E-state index >= 15 is 0 Å². The summed E-state index contributed by atoms with van der Waals surface area (Å²) in [6, 6.07) is 8.64. The number of benzene rings is 1. The molecule has 1 aliphatic heterocycles. The van der Waals surface area contributed by atoms with Crippen molar-refractivity contribution in [1.82, 2.24) is 10.3 Å². The minimum absolute atomic E-state index is 0.880. The zero-order valence-electron chi connectivity index (χ0n) is 9.91. The molecule has 1 aromatic carbocycles. The maximum absolute atomic E-state index is 3.60. The summed E-state index contributed by atoms with van der Waals surface area (Å²) in [6.45, 7) is 2.14. The van der Waals surface area contributed by atoms with E-state index < -0.39 is 0 Å². The average Bonchev–Trinajstić information content (AvgIpc) is 2.99. The van der Waals surface area contributed by atoms with Gasteiger partial charge in [-0.05, 0) is 48.1 Å². The lowest BCUT2D eigenvalue weighted by Crippen LogP contribution is -2.22. The first-order valence-electron chi connectivity index (χ1n) is 6.27. The summed E-state index contributed by atoms with van der Waals surface area (Å²) in [5.41, 5.74) is 2.63. The van der Waals surface area contributed by atoms with Crippen molar-refractivity contribution < 1.29 is 0 Å². The highest BCUT2D eigenvalue weighted by Crippen LogP contribution is 2.23. The Labute approximate surface area is 106 Å². The standard InChI is InChI=1S/C14H18N2S/c1-2-12(13-4-6-16-14(13)3-1)9-15-8-11-5-7-17-10-11/h1-4,6,11,15-16H,5,7-10H2. The minimum Gasteiger partial charge on any atom is -0.361 e. The van der Waals surface area contributed by atoms with E-state index in [4.69, 9.17) is 0 Å². The normalized spacial score (nSPS) is 20.1. The van der Waals surface area contributed by atoms with E-state index in [0.29, 0.717) is 0 Å². The summed E-state index contributed by atoms with van der Waals surface area (Å²) in [5, 5.41) is 4.95. The summed E-state index contributed by atoms with van der Waals surface area (Å²) < 4.78 is 0. The van der Waals surface area contributed by atoms with Gasteiger partial charge in [-0.2, -0.15) is 11.8 Å². The molecule has 0 radical (unpaired) electrons. The molecule has 2 N–H and O–H groups in total. The van der Waals surface area contributed by atoms with Crippen molar-refractivity contribution in [2.75, 3.05) is 18.1 Å². The molecule has 0 aliphatic carbocycles. The molecule has 0 spiro atoms. The van der Waals surface area contributed by atoms with Crippen LogP contribution in [0.25, 0.3) is 10.9 Å². The van der Waals surface area contributed by atoms with Crippen molar-refractivity contribution in [1.29, 1.82) is 0 Å². The van der Waals surface area contributed by atoms with Crippen LogP contribution in [0, 0.1) is 5.92 Å². The second-order valence-corrected chi connectivity index (χ2v) is 5.87. The van der Waals surface area contributed by atoms with Crippen LogP contribution in [0.4, 0.5) is 0 Å². The van der Waals surface area contributed by atoms with E-state index in [2.05, 4.69) is 46.3 Å². The number of hydrogen-bond donors (Lipinski definition) is 2. The van der Waals surface area contributed by atoms with Gasteiger partial charge in [0, 0.05) is 23.6 Å². The van der Waals surface area contributed by atoms with Crippen molar-refractivity contribution >= 4 is 22.7 Å². The van der Waals surface area contributed by atoms with Crippen LogP contribution in [-0.4, -0.2) is 23.0 Å². The van der Waals surface area contributed by atoms with E-state index in [-0.39, 0.29) is 0 Å². The number of thioether (sulfide) groups is 1. The van der Waals surface area contributed by atoms with Gasteiger partial charge in [0.05, 0.1) is 0 Å². The highest BCUT2D eigenvalue weighted by atomic mass is 32.2. The van der Waals surface area contributed by atoms with Gasteiger partial charge in [0.15, 0.2) is 0 Å². The fourth-order valence-electron chi connectivity index (χ4n) is 2.46. The highest BCUT2D eigenvalue weighted by Gasteiger charge is 2.14. The summed E-state index contributed by atoms with van der Waals surface area (Å²) in [7, 11) is 0. The fourth-order valence-corrected chi connectivity index (χ4v) is 3.74. The van der Waals surface area contributed by atoms with Gasteiger partial charge in [-0.3, -0.25) is 0 Å². The van der Waals surface area contributed by atoms with Crippen molar-refractivity contribution in [3.63, 3.8) is 0 Å². The monoisotopic (exact) mass is 246 g/mol. The predicted molar refractivity (Wildman–Crippen MR) is 75.4 cm³/mol. The van der Waals surface area contributed by atoms with Gasteiger partial charge in [0.1, 0.15) is 0 Å². The molecule has 1 atom stereocenters. The molecule has 0 bridgehead atoms. The van der Waals surface area contributed by atoms with E-state index in [9.17, 15) is 0 Å². The lowest BCUT2D eigenvalue weighted by atomic mass is 10.1. The Morgan fingerprint density at radius 1 is 1.35 bits per heavy atom. The second-order valence-electron chi connectivity index (χ2n) is 4.72. The summed E-state index contributed by atoms with van der Waals surface area (Å²) in [6.07, 6.45) is 3.40. The quantitative estimate of drug-likeness (QED) is 0.868. The molecular formula is C14H18N2S. The first kappa shape index (κ1) is 11.2. The molecule has 2 nitrogen and oxygen atoms in total. The Morgan fingerprint density at radius 3 is 3.24 bits per heavy atom. The number of nitrogens with one attached hydrogen (secondary N) is 2. The zero-order chi connectivity index (χ0) is 11.5. The number of hydrogen-bond acceptors (Lipinski definition) is 2. The molecule has 3 rings (SSSR count). The maximum Gasteiger partial charge on any atom is 0.0457 e. The van der Waals surface area contributed by atoms with Crippen LogP contribution in [0.1, 0.15) is 12.0 Å². The van der Waals surface area contributed by atoms with Gasteiger partial charge in [-0.15, -0.1) is 0 Å². The maximum atomic E-state index is 3.60. The van der Waals surface area contributed by atoms with Crippen molar-refractivity contribution in [3.05, 3.63) is 36.0 Å². The molecule has 1 fully saturated rings. The zero-order valence-corrected chi connectivity index (χ0v) is 10.7. The molecule has 3 heteroatoms. The molecule has 17 heavy (non-hydrogen) atoms. The van der Waals surface area contributed by atoms with Crippen LogP contribution in [0.5, 0.6) is 0 Å². The largest absolute Gasteiger partial charge is 0.361 e. The topological polar surface area (TPSA) is 27.8 Å². The van der Waals surface area contributed by atoms with Crippen LogP contribution in [-0.2, 0) is 6.54 Å². The first-order valence-corrected chi connectivity index (χ1v) is 7.42. The molecule has 2 heterocycles. The fraction of sp³-hybridized carbons (Fsp3) is 0.429. The molecule has 0 saturated carbocycles. The number of H-pyrrole nitrogens is 1. The van der Waals surface area contributed by atoms with Crippen LogP contribution < -0.4 is 5.32 Å². The lowest BCUT2D eigenvalue weighted by molar-refractivity contribution is 0.524. The molecule has 90 valence electrons. The average molecular weight is 246 g/mol. The minimum atomic E-state index is 0.880. The highest BCUT2D eigenvalue weighted by molar-refractivity contribution is 7.99. The molecule has 1 unspecified atom stereocenters. The second kappa shape index (κ2) is 5.15. The van der Waals surface area contributed by atoms with Gasteiger partial charge >= 0.3 is 0 Å². The number of rotatable bonds is 4. The third-order valence-corrected chi connectivity index (χ3v) is 4.69. The molecular weight excluding hydrogens is 228 g/mol. The Bertz CT molecular complexity index is 486. The van der Waals surface area contributed by atoms with E-state index in [1.807, 2.05) is 6.20 Å². The molecule has 2 aromatic rings. The molecule has 0 amide bonds. The SMILES string of the molecule is c1cc(CNCC2CCSC2)c2cc[nH]c2c1. The van der Waals surface area contributed by atoms with Crippen LogP contribution in [0.15, 0.2) is 30.5 Å². The van der Waals surface area contributed by atoms with Gasteiger partial charge in [-0.25, -0.2) is 0 Å². The van der Waals surface area contributed by atoms with Gasteiger partial charge in [0.2, 0.25) is 0 Å². The smallest absolute Gasteiger partial charge is 0.0457 e. The Kier molecular flexibility index (Phi) is 3.39. The van der Waals surface area contributed by atoms with Crippen LogP contribution in [0.3, 0.4) is 0 Å². The van der Waals surface area contributed by atoms with Crippen molar-refractivity contribution in [2.45, 2.75) is 13.0 Å². The lowest BCUT2D eigenvalue weighted by Gasteiger charge is -2.10. The van der Waals surface area contributed by atoms with Crippen LogP contribution >= 0.6 is 11.8 Å². The van der Waals surface area contributed by atoms with Gasteiger partial charge in [0.25, 0.3) is 0 Å². The van der Waals surface area contributed by atoms with Gasteiger partial charge in [-0.1, -0.05) is 12.1 Å². The predicted octanol–water partition coefficient (Wildman–Crippen LogP) is 3.01. The molecule has 1 aromatic heterocycles. The van der Waals surface area contributed by atoms with Crippen molar-refractivity contribution in [2.24, 2.45) is 5.92 Å². The Hall–Kier alpha value is -0.930. The van der Waals surface area contributed by atoms with Gasteiger partial charge < -0.3 is 10.3 Å². The Morgan fingerprint density at radius 2 is 2.35 bits per heavy atom. The third-order valence-electron chi connectivity index (χ3n) is 3.46. The summed E-state index contributed by atoms with van der Waals surface area (Å²) in [4.78, 5) is 3.26. The van der Waals surface area contributed by atoms with E-state index in [1.54, 1.807) is 0 Å². The third kappa shape index (κ3) is 2.50. The first-order chi connectivity index (χ1) is 8.43.